The van der Waals surface area contributed by atoms with Crippen LogP contribution in [0.1, 0.15) is 20.3 Å². The summed E-state index contributed by atoms with van der Waals surface area (Å²) in [6, 6.07) is 1.12. The van der Waals surface area contributed by atoms with E-state index in [1.54, 1.807) is 0 Å². The Hall–Kier alpha value is -0.610. The highest BCUT2D eigenvalue weighted by atomic mass is 16.5. The molecule has 4 heteroatoms. The number of piperazine rings is 1. The molecule has 1 aliphatic heterocycles. The third kappa shape index (κ3) is 3.47. The van der Waals surface area contributed by atoms with Crippen molar-refractivity contribution < 1.29 is 9.53 Å². The van der Waals surface area contributed by atoms with Gasteiger partial charge in [0.2, 0.25) is 0 Å². The summed E-state index contributed by atoms with van der Waals surface area (Å²) in [6.07, 6.45) is 0.500. The molecule has 0 spiro atoms. The van der Waals surface area contributed by atoms with Gasteiger partial charge in [0, 0.05) is 31.7 Å². The van der Waals surface area contributed by atoms with E-state index in [1.165, 1.54) is 7.11 Å². The lowest BCUT2D eigenvalue weighted by Gasteiger charge is -2.42. The van der Waals surface area contributed by atoms with Crippen molar-refractivity contribution in [3.05, 3.63) is 0 Å². The Labute approximate surface area is 92.2 Å². The Morgan fingerprint density at radius 3 is 2.33 bits per heavy atom. The standard InChI is InChI=1S/C11H22N2O2/c1-9-7-13(6-5-11(14)15-4)8-10(2)12(9)3/h9-10H,5-8H2,1-4H3. The van der Waals surface area contributed by atoms with Crippen molar-refractivity contribution in [3.63, 3.8) is 0 Å². The fourth-order valence-electron chi connectivity index (χ4n) is 2.05. The van der Waals surface area contributed by atoms with Gasteiger partial charge in [-0.25, -0.2) is 0 Å². The van der Waals surface area contributed by atoms with Gasteiger partial charge >= 0.3 is 5.97 Å². The van der Waals surface area contributed by atoms with Crippen LogP contribution in [0.3, 0.4) is 0 Å². The second-order valence-corrected chi connectivity index (χ2v) is 4.45. The number of hydrogen-bond donors (Lipinski definition) is 0. The number of rotatable bonds is 3. The van der Waals surface area contributed by atoms with E-state index in [1.807, 2.05) is 0 Å². The quantitative estimate of drug-likeness (QED) is 0.643. The lowest BCUT2D eigenvalue weighted by Crippen LogP contribution is -2.55. The lowest BCUT2D eigenvalue weighted by molar-refractivity contribution is -0.141. The number of likely N-dealkylation sites (N-methyl/N-ethyl adjacent to an activating group) is 1. The summed E-state index contributed by atoms with van der Waals surface area (Å²) in [5.74, 6) is -0.116. The van der Waals surface area contributed by atoms with E-state index in [4.69, 9.17) is 0 Å². The first-order valence-electron chi connectivity index (χ1n) is 5.55. The van der Waals surface area contributed by atoms with Crippen LogP contribution in [-0.4, -0.2) is 61.6 Å². The molecule has 2 atom stereocenters. The van der Waals surface area contributed by atoms with E-state index in [0.717, 1.165) is 19.6 Å². The Morgan fingerprint density at radius 2 is 1.87 bits per heavy atom. The number of nitrogens with zero attached hydrogens (tertiary/aromatic N) is 2. The summed E-state index contributed by atoms with van der Waals surface area (Å²) in [5, 5.41) is 0. The topological polar surface area (TPSA) is 32.8 Å². The molecule has 0 aliphatic carbocycles. The van der Waals surface area contributed by atoms with Gasteiger partial charge in [0.1, 0.15) is 0 Å². The van der Waals surface area contributed by atoms with Crippen molar-refractivity contribution in [1.29, 1.82) is 0 Å². The van der Waals surface area contributed by atoms with Crippen molar-refractivity contribution >= 4 is 5.97 Å². The Morgan fingerprint density at radius 1 is 1.33 bits per heavy atom. The lowest BCUT2D eigenvalue weighted by atomic mass is 10.1. The van der Waals surface area contributed by atoms with Crippen LogP contribution < -0.4 is 0 Å². The van der Waals surface area contributed by atoms with Gasteiger partial charge in [-0.2, -0.15) is 0 Å². The maximum absolute atomic E-state index is 11.0. The van der Waals surface area contributed by atoms with Gasteiger partial charge in [-0.3, -0.25) is 14.6 Å². The van der Waals surface area contributed by atoms with Crippen LogP contribution >= 0.6 is 0 Å². The van der Waals surface area contributed by atoms with Crippen LogP contribution in [0.4, 0.5) is 0 Å². The molecule has 0 radical (unpaired) electrons. The van der Waals surface area contributed by atoms with Crippen LogP contribution in [-0.2, 0) is 9.53 Å². The summed E-state index contributed by atoms with van der Waals surface area (Å²) < 4.78 is 4.64. The summed E-state index contributed by atoms with van der Waals surface area (Å²) in [6.45, 7) is 7.34. The first-order valence-corrected chi connectivity index (χ1v) is 5.55. The number of methoxy groups -OCH3 is 1. The highest BCUT2D eigenvalue weighted by Crippen LogP contribution is 2.13. The molecule has 2 unspecified atom stereocenters. The second kappa shape index (κ2) is 5.47. The number of esters is 1. The molecule has 0 aromatic rings. The van der Waals surface area contributed by atoms with E-state index in [0.29, 0.717) is 18.5 Å². The molecule has 88 valence electrons. The summed E-state index contributed by atoms with van der Waals surface area (Å²) >= 11 is 0. The zero-order chi connectivity index (χ0) is 11.4. The highest BCUT2D eigenvalue weighted by molar-refractivity contribution is 5.69. The van der Waals surface area contributed by atoms with Crippen LogP contribution in [0.15, 0.2) is 0 Å². The number of hydrogen-bond acceptors (Lipinski definition) is 4. The minimum atomic E-state index is -0.116. The molecule has 1 saturated heterocycles. The molecule has 1 aliphatic rings. The van der Waals surface area contributed by atoms with E-state index in [2.05, 4.69) is 35.4 Å². The van der Waals surface area contributed by atoms with Gasteiger partial charge in [0.25, 0.3) is 0 Å². The predicted octanol–water partition coefficient (Wildman–Crippen LogP) is 0.574. The Balaban J connectivity index is 2.35. The van der Waals surface area contributed by atoms with Crippen molar-refractivity contribution in [2.75, 3.05) is 33.8 Å². The molecule has 4 nitrogen and oxygen atoms in total. The monoisotopic (exact) mass is 214 g/mol. The number of carbonyl (C=O) groups excluding carboxylic acids is 1. The number of carbonyl (C=O) groups is 1. The van der Waals surface area contributed by atoms with E-state index < -0.39 is 0 Å². The zero-order valence-corrected chi connectivity index (χ0v) is 10.2. The van der Waals surface area contributed by atoms with E-state index in [-0.39, 0.29) is 5.97 Å². The Bertz CT molecular complexity index is 209. The van der Waals surface area contributed by atoms with Crippen LogP contribution in [0.25, 0.3) is 0 Å². The van der Waals surface area contributed by atoms with Crippen molar-refractivity contribution in [2.45, 2.75) is 32.4 Å². The average molecular weight is 214 g/mol. The van der Waals surface area contributed by atoms with Crippen molar-refractivity contribution in [2.24, 2.45) is 0 Å². The number of ether oxygens (including phenoxy) is 1. The minimum absolute atomic E-state index is 0.116. The van der Waals surface area contributed by atoms with Gasteiger partial charge < -0.3 is 4.74 Å². The Kier molecular flexibility index (Phi) is 4.54. The first kappa shape index (κ1) is 12.5. The van der Waals surface area contributed by atoms with Gasteiger partial charge in [0.05, 0.1) is 13.5 Å². The summed E-state index contributed by atoms with van der Waals surface area (Å²) in [7, 11) is 3.60. The fraction of sp³-hybridized carbons (Fsp3) is 0.909. The molecule has 0 N–H and O–H groups in total. The largest absolute Gasteiger partial charge is 0.469 e. The van der Waals surface area contributed by atoms with Crippen LogP contribution in [0.5, 0.6) is 0 Å². The molecule has 1 heterocycles. The molecule has 1 fully saturated rings. The van der Waals surface area contributed by atoms with E-state index in [9.17, 15) is 4.79 Å². The molecule has 1 rings (SSSR count). The third-order valence-corrected chi connectivity index (χ3v) is 3.30. The van der Waals surface area contributed by atoms with Gasteiger partial charge in [-0.15, -0.1) is 0 Å². The summed E-state index contributed by atoms with van der Waals surface area (Å²) in [4.78, 5) is 15.7. The molecule has 0 amide bonds. The fourth-order valence-corrected chi connectivity index (χ4v) is 2.05. The van der Waals surface area contributed by atoms with Gasteiger partial charge in [-0.05, 0) is 20.9 Å². The molecular formula is C11H22N2O2. The van der Waals surface area contributed by atoms with Gasteiger partial charge in [-0.1, -0.05) is 0 Å². The third-order valence-electron chi connectivity index (χ3n) is 3.30. The van der Waals surface area contributed by atoms with Crippen molar-refractivity contribution in [1.82, 2.24) is 9.80 Å². The maximum Gasteiger partial charge on any atom is 0.306 e. The minimum Gasteiger partial charge on any atom is -0.469 e. The molecule has 15 heavy (non-hydrogen) atoms. The van der Waals surface area contributed by atoms with Crippen molar-refractivity contribution in [3.8, 4) is 0 Å². The molecule has 0 aromatic heterocycles. The van der Waals surface area contributed by atoms with Crippen LogP contribution in [0, 0.1) is 0 Å². The SMILES string of the molecule is COC(=O)CCN1CC(C)N(C)C(C)C1. The molecule has 0 aromatic carbocycles. The predicted molar refractivity (Wildman–Crippen MR) is 59.8 cm³/mol. The van der Waals surface area contributed by atoms with E-state index >= 15 is 0 Å². The molecular weight excluding hydrogens is 192 g/mol. The van der Waals surface area contributed by atoms with Gasteiger partial charge in [0.15, 0.2) is 0 Å². The molecule has 0 bridgehead atoms. The second-order valence-electron chi connectivity index (χ2n) is 4.45. The molecule has 0 saturated carbocycles. The highest BCUT2D eigenvalue weighted by Gasteiger charge is 2.26. The first-order chi connectivity index (χ1) is 7.04. The van der Waals surface area contributed by atoms with Crippen LogP contribution in [0.2, 0.25) is 0 Å². The average Bonchev–Trinajstić information content (AvgIpc) is 2.22. The zero-order valence-electron chi connectivity index (χ0n) is 10.2. The summed E-state index contributed by atoms with van der Waals surface area (Å²) in [5.41, 5.74) is 0. The maximum atomic E-state index is 11.0. The normalized spacial score (nSPS) is 29.1. The smallest absolute Gasteiger partial charge is 0.306 e.